The SMILES string of the molecule is CCOC(=O)Cc1csc(SCC(=O)NCC2CN(Cc3cc(Cl)cc(Cl)c3)CCO2)n1. The molecular formula is C21H25Cl2N3O4S2. The number of nitrogens with zero attached hydrogens (tertiary/aromatic N) is 2. The topological polar surface area (TPSA) is 80.8 Å². The zero-order valence-electron chi connectivity index (χ0n) is 17.6. The molecular weight excluding hydrogens is 493 g/mol. The van der Waals surface area contributed by atoms with E-state index in [0.717, 1.165) is 23.0 Å². The summed E-state index contributed by atoms with van der Waals surface area (Å²) in [6.45, 7) is 5.41. The molecule has 2 heterocycles. The van der Waals surface area contributed by atoms with Crippen LogP contribution < -0.4 is 5.32 Å². The van der Waals surface area contributed by atoms with Crippen LogP contribution in [0.25, 0.3) is 0 Å². The maximum absolute atomic E-state index is 12.2. The van der Waals surface area contributed by atoms with E-state index in [0.29, 0.717) is 42.0 Å². The summed E-state index contributed by atoms with van der Waals surface area (Å²) in [6.07, 6.45) is 0.0666. The molecule has 174 valence electrons. The smallest absolute Gasteiger partial charge is 0.311 e. The van der Waals surface area contributed by atoms with E-state index in [1.54, 1.807) is 13.0 Å². The average molecular weight is 518 g/mol. The van der Waals surface area contributed by atoms with Crippen molar-refractivity contribution in [2.24, 2.45) is 0 Å². The first-order chi connectivity index (χ1) is 15.4. The van der Waals surface area contributed by atoms with Gasteiger partial charge in [-0.3, -0.25) is 14.5 Å². The van der Waals surface area contributed by atoms with E-state index in [1.165, 1.54) is 23.1 Å². The van der Waals surface area contributed by atoms with E-state index >= 15 is 0 Å². The van der Waals surface area contributed by atoms with Gasteiger partial charge in [0.05, 0.1) is 37.2 Å². The number of halogens is 2. The predicted molar refractivity (Wildman–Crippen MR) is 128 cm³/mol. The largest absolute Gasteiger partial charge is 0.466 e. The Morgan fingerprint density at radius 2 is 2.12 bits per heavy atom. The Morgan fingerprint density at radius 3 is 2.88 bits per heavy atom. The number of ether oxygens (including phenoxy) is 2. The first-order valence-corrected chi connectivity index (χ1v) is 12.8. The zero-order chi connectivity index (χ0) is 22.9. The van der Waals surface area contributed by atoms with E-state index in [-0.39, 0.29) is 30.2 Å². The third-order valence-electron chi connectivity index (χ3n) is 4.57. The van der Waals surface area contributed by atoms with Crippen molar-refractivity contribution in [3.8, 4) is 0 Å². The molecule has 0 bridgehead atoms. The molecule has 7 nitrogen and oxygen atoms in total. The van der Waals surface area contributed by atoms with Gasteiger partial charge < -0.3 is 14.8 Å². The number of thiazole rings is 1. The summed E-state index contributed by atoms with van der Waals surface area (Å²) in [4.78, 5) is 30.4. The maximum atomic E-state index is 12.2. The van der Waals surface area contributed by atoms with Gasteiger partial charge >= 0.3 is 5.97 Å². The Hall–Kier alpha value is -1.36. The highest BCUT2D eigenvalue weighted by Gasteiger charge is 2.21. The van der Waals surface area contributed by atoms with Gasteiger partial charge in [-0.25, -0.2) is 4.98 Å². The molecule has 3 rings (SSSR count). The molecule has 11 heteroatoms. The molecule has 0 radical (unpaired) electrons. The quantitative estimate of drug-likeness (QED) is 0.380. The van der Waals surface area contributed by atoms with Gasteiger partial charge in [0.2, 0.25) is 5.91 Å². The number of carbonyl (C=O) groups excluding carboxylic acids is 2. The highest BCUT2D eigenvalue weighted by atomic mass is 35.5. The van der Waals surface area contributed by atoms with Crippen LogP contribution in [0.1, 0.15) is 18.2 Å². The van der Waals surface area contributed by atoms with E-state index in [2.05, 4.69) is 15.2 Å². The summed E-state index contributed by atoms with van der Waals surface area (Å²) in [5.41, 5.74) is 1.71. The number of carbonyl (C=O) groups is 2. The summed E-state index contributed by atoms with van der Waals surface area (Å²) < 4.78 is 11.5. The Kier molecular flexibility index (Phi) is 10.1. The molecule has 0 spiro atoms. The lowest BCUT2D eigenvalue weighted by Gasteiger charge is -2.33. The lowest BCUT2D eigenvalue weighted by atomic mass is 10.2. The lowest BCUT2D eigenvalue weighted by Crippen LogP contribution is -2.47. The summed E-state index contributed by atoms with van der Waals surface area (Å²) >= 11 is 14.9. The van der Waals surface area contributed by atoms with Gasteiger partial charge in [-0.05, 0) is 30.7 Å². The van der Waals surface area contributed by atoms with Crippen LogP contribution in [0.15, 0.2) is 27.9 Å². The summed E-state index contributed by atoms with van der Waals surface area (Å²) in [6, 6.07) is 5.54. The molecule has 1 aliphatic heterocycles. The van der Waals surface area contributed by atoms with E-state index in [9.17, 15) is 9.59 Å². The van der Waals surface area contributed by atoms with Gasteiger partial charge in [-0.15, -0.1) is 11.3 Å². The molecule has 2 aromatic rings. The number of amides is 1. The second-order valence-electron chi connectivity index (χ2n) is 7.18. The molecule has 1 atom stereocenters. The van der Waals surface area contributed by atoms with Gasteiger partial charge in [0.25, 0.3) is 0 Å². The lowest BCUT2D eigenvalue weighted by molar-refractivity contribution is -0.142. The minimum absolute atomic E-state index is 0.0802. The van der Waals surface area contributed by atoms with Crippen LogP contribution in [-0.2, 0) is 32.0 Å². The highest BCUT2D eigenvalue weighted by molar-refractivity contribution is 8.01. The van der Waals surface area contributed by atoms with Crippen molar-refractivity contribution in [2.45, 2.75) is 30.3 Å². The molecule has 1 aliphatic rings. The van der Waals surface area contributed by atoms with Gasteiger partial charge in [-0.2, -0.15) is 0 Å². The number of hydrogen-bond acceptors (Lipinski definition) is 8. The van der Waals surface area contributed by atoms with Crippen LogP contribution in [0.5, 0.6) is 0 Å². The zero-order valence-corrected chi connectivity index (χ0v) is 20.8. The molecule has 1 N–H and O–H groups in total. The van der Waals surface area contributed by atoms with Crippen molar-refractivity contribution in [2.75, 3.05) is 38.6 Å². The molecule has 0 aliphatic carbocycles. The minimum atomic E-state index is -0.299. The Balaban J connectivity index is 1.38. The van der Waals surface area contributed by atoms with E-state index in [4.69, 9.17) is 32.7 Å². The average Bonchev–Trinajstić information content (AvgIpc) is 3.17. The van der Waals surface area contributed by atoms with Crippen molar-refractivity contribution < 1.29 is 19.1 Å². The van der Waals surface area contributed by atoms with Crippen LogP contribution in [0.2, 0.25) is 10.0 Å². The molecule has 1 fully saturated rings. The van der Waals surface area contributed by atoms with Crippen LogP contribution >= 0.6 is 46.3 Å². The van der Waals surface area contributed by atoms with Gasteiger partial charge in [0.1, 0.15) is 0 Å². The van der Waals surface area contributed by atoms with E-state index < -0.39 is 0 Å². The number of hydrogen-bond donors (Lipinski definition) is 1. The van der Waals surface area contributed by atoms with Crippen LogP contribution in [0, 0.1) is 0 Å². The fraction of sp³-hybridized carbons (Fsp3) is 0.476. The molecule has 0 saturated carbocycles. The van der Waals surface area contributed by atoms with Gasteiger partial charge in [0.15, 0.2) is 4.34 Å². The molecule has 1 amide bonds. The van der Waals surface area contributed by atoms with Crippen LogP contribution in [0.4, 0.5) is 0 Å². The van der Waals surface area contributed by atoms with E-state index in [1.807, 2.05) is 17.5 Å². The molecule has 1 aromatic heterocycles. The summed E-state index contributed by atoms with van der Waals surface area (Å²) in [7, 11) is 0. The predicted octanol–water partition coefficient (Wildman–Crippen LogP) is 3.66. The molecule has 32 heavy (non-hydrogen) atoms. The number of rotatable bonds is 10. The molecule has 1 aromatic carbocycles. The fourth-order valence-corrected chi connectivity index (χ4v) is 5.46. The summed E-state index contributed by atoms with van der Waals surface area (Å²) in [5.74, 6) is -0.129. The number of morpholine rings is 1. The second kappa shape index (κ2) is 12.8. The van der Waals surface area contributed by atoms with Crippen molar-refractivity contribution >= 4 is 58.2 Å². The number of aromatic nitrogens is 1. The Labute approximate surface area is 205 Å². The van der Waals surface area contributed by atoms with Crippen molar-refractivity contribution in [1.29, 1.82) is 0 Å². The number of esters is 1. The van der Waals surface area contributed by atoms with Crippen molar-refractivity contribution in [1.82, 2.24) is 15.2 Å². The van der Waals surface area contributed by atoms with Crippen molar-refractivity contribution in [3.05, 3.63) is 44.9 Å². The normalized spacial score (nSPS) is 16.7. The monoisotopic (exact) mass is 517 g/mol. The van der Waals surface area contributed by atoms with Crippen LogP contribution in [0.3, 0.4) is 0 Å². The van der Waals surface area contributed by atoms with Gasteiger partial charge in [-0.1, -0.05) is 35.0 Å². The van der Waals surface area contributed by atoms with Crippen molar-refractivity contribution in [3.63, 3.8) is 0 Å². The Morgan fingerprint density at radius 1 is 1.34 bits per heavy atom. The fourth-order valence-electron chi connectivity index (χ4n) is 3.21. The third kappa shape index (κ3) is 8.53. The molecule has 1 unspecified atom stereocenters. The number of benzene rings is 1. The molecule has 1 saturated heterocycles. The highest BCUT2D eigenvalue weighted by Crippen LogP contribution is 2.23. The first kappa shape index (κ1) is 25.3. The second-order valence-corrected chi connectivity index (χ2v) is 10.1. The number of thioether (sulfide) groups is 1. The number of nitrogens with one attached hydrogen (secondary N) is 1. The third-order valence-corrected chi connectivity index (χ3v) is 7.07. The Bertz CT molecular complexity index is 908. The van der Waals surface area contributed by atoms with Crippen LogP contribution in [-0.4, -0.2) is 66.5 Å². The van der Waals surface area contributed by atoms with Gasteiger partial charge in [0, 0.05) is 41.6 Å². The summed E-state index contributed by atoms with van der Waals surface area (Å²) in [5, 5.41) is 5.99. The first-order valence-electron chi connectivity index (χ1n) is 10.2. The maximum Gasteiger partial charge on any atom is 0.311 e. The minimum Gasteiger partial charge on any atom is -0.466 e. The standard InChI is InChI=1S/C21H25Cl2N3O4S2/c1-2-29-20(28)8-17-12-31-21(25-17)32-13-19(27)24-9-18-11-26(3-4-30-18)10-14-5-15(22)7-16(23)6-14/h5-7,12,18H,2-4,8-11,13H2,1H3,(H,24,27).